The molecular weight excluding hydrogens is 264 g/mol. The van der Waals surface area contributed by atoms with E-state index in [-0.39, 0.29) is 5.97 Å². The Morgan fingerprint density at radius 3 is 2.71 bits per heavy atom. The third-order valence-electron chi connectivity index (χ3n) is 3.74. The van der Waals surface area contributed by atoms with Crippen LogP contribution in [0, 0.1) is 5.41 Å². The molecule has 0 spiro atoms. The number of aromatic nitrogens is 1. The fraction of sp³-hybridized carbons (Fsp3) is 0.647. The number of rotatable bonds is 3. The molecule has 116 valence electrons. The molecule has 1 saturated carbocycles. The number of pyridine rings is 1. The predicted molar refractivity (Wildman–Crippen MR) is 84.4 cm³/mol. The molecule has 1 unspecified atom stereocenters. The monoisotopic (exact) mass is 290 g/mol. The fourth-order valence-corrected chi connectivity index (χ4v) is 2.77. The Labute approximate surface area is 127 Å². The summed E-state index contributed by atoms with van der Waals surface area (Å²) in [5.74, 6) is 0.310. The average Bonchev–Trinajstić information content (AvgIpc) is 2.67. The molecule has 0 aliphatic heterocycles. The van der Waals surface area contributed by atoms with Crippen molar-refractivity contribution in [3.8, 4) is 0 Å². The van der Waals surface area contributed by atoms with E-state index in [9.17, 15) is 4.79 Å². The normalized spacial score (nSPS) is 21.1. The maximum atomic E-state index is 12.3. The molecule has 1 N–H and O–H groups in total. The number of hydrogen-bond donors (Lipinski definition) is 1. The second kappa shape index (κ2) is 5.66. The van der Waals surface area contributed by atoms with E-state index in [4.69, 9.17) is 4.74 Å². The van der Waals surface area contributed by atoms with Crippen LogP contribution in [0.15, 0.2) is 18.3 Å². The lowest BCUT2D eigenvalue weighted by atomic mass is 9.92. The lowest BCUT2D eigenvalue weighted by Gasteiger charge is -2.22. The van der Waals surface area contributed by atoms with E-state index < -0.39 is 5.60 Å². The Balaban J connectivity index is 2.12. The minimum atomic E-state index is -0.500. The lowest BCUT2D eigenvalue weighted by molar-refractivity contribution is 0.00703. The number of carbonyl (C=O) groups is 1. The van der Waals surface area contributed by atoms with E-state index in [0.717, 1.165) is 12.8 Å². The molecule has 1 heterocycles. The van der Waals surface area contributed by atoms with Crippen LogP contribution in [0.3, 0.4) is 0 Å². The van der Waals surface area contributed by atoms with Crippen LogP contribution in [0.2, 0.25) is 0 Å². The number of nitrogens with zero attached hydrogens (tertiary/aromatic N) is 1. The van der Waals surface area contributed by atoms with Crippen LogP contribution in [0.1, 0.15) is 64.2 Å². The summed E-state index contributed by atoms with van der Waals surface area (Å²) in [5.41, 5.74) is 0.370. The Hall–Kier alpha value is -1.58. The van der Waals surface area contributed by atoms with Gasteiger partial charge in [-0.2, -0.15) is 0 Å². The molecule has 0 bridgehead atoms. The highest BCUT2D eigenvalue weighted by molar-refractivity contribution is 5.94. The van der Waals surface area contributed by atoms with Crippen LogP contribution in [-0.4, -0.2) is 22.6 Å². The Morgan fingerprint density at radius 1 is 1.43 bits per heavy atom. The van der Waals surface area contributed by atoms with Gasteiger partial charge in [0.1, 0.15) is 17.0 Å². The highest BCUT2D eigenvalue weighted by Crippen LogP contribution is 2.38. The van der Waals surface area contributed by atoms with Crippen LogP contribution in [-0.2, 0) is 4.74 Å². The summed E-state index contributed by atoms with van der Waals surface area (Å²) in [7, 11) is 0. The highest BCUT2D eigenvalue weighted by atomic mass is 16.6. The largest absolute Gasteiger partial charge is 0.456 e. The number of hydrogen-bond acceptors (Lipinski definition) is 4. The van der Waals surface area contributed by atoms with Crippen molar-refractivity contribution in [3.05, 3.63) is 23.9 Å². The summed E-state index contributed by atoms with van der Waals surface area (Å²) >= 11 is 0. The number of esters is 1. The first-order valence-electron chi connectivity index (χ1n) is 7.61. The van der Waals surface area contributed by atoms with Gasteiger partial charge in [0, 0.05) is 12.2 Å². The van der Waals surface area contributed by atoms with Gasteiger partial charge in [0.15, 0.2) is 0 Å². The molecule has 1 aliphatic rings. The first kappa shape index (κ1) is 15.8. The third-order valence-corrected chi connectivity index (χ3v) is 3.74. The maximum absolute atomic E-state index is 12.3. The van der Waals surface area contributed by atoms with Crippen LogP contribution in [0.25, 0.3) is 0 Å². The van der Waals surface area contributed by atoms with E-state index in [2.05, 4.69) is 24.1 Å². The minimum Gasteiger partial charge on any atom is -0.456 e. The van der Waals surface area contributed by atoms with Gasteiger partial charge in [-0.15, -0.1) is 0 Å². The summed E-state index contributed by atoms with van der Waals surface area (Å²) in [6.45, 7) is 10.2. The standard InChI is InChI=1S/C17H26N2O2/c1-16(2,3)21-15(20)13-7-6-10-18-14(13)19-12-8-9-17(4,5)11-12/h6-7,10,12H,8-9,11H2,1-5H3,(H,18,19). The predicted octanol–water partition coefficient (Wildman–Crippen LogP) is 4.03. The Bertz CT molecular complexity index is 518. The molecule has 0 saturated heterocycles. The Kier molecular flexibility index (Phi) is 4.26. The molecule has 1 fully saturated rings. The molecular formula is C17H26N2O2. The van der Waals surface area contributed by atoms with E-state index in [1.807, 2.05) is 20.8 Å². The van der Waals surface area contributed by atoms with Gasteiger partial charge in [-0.05, 0) is 57.6 Å². The van der Waals surface area contributed by atoms with Crippen LogP contribution < -0.4 is 5.32 Å². The summed E-state index contributed by atoms with van der Waals surface area (Å²) in [5, 5.41) is 3.42. The van der Waals surface area contributed by atoms with Crippen molar-refractivity contribution in [3.63, 3.8) is 0 Å². The lowest BCUT2D eigenvalue weighted by Crippen LogP contribution is -2.26. The van der Waals surface area contributed by atoms with E-state index in [1.54, 1.807) is 18.3 Å². The second-order valence-electron chi connectivity index (χ2n) is 7.65. The van der Waals surface area contributed by atoms with E-state index in [0.29, 0.717) is 22.8 Å². The van der Waals surface area contributed by atoms with Gasteiger partial charge in [0.2, 0.25) is 0 Å². The molecule has 0 radical (unpaired) electrons. The van der Waals surface area contributed by atoms with Crippen molar-refractivity contribution in [2.45, 2.75) is 65.5 Å². The van der Waals surface area contributed by atoms with Gasteiger partial charge in [-0.25, -0.2) is 9.78 Å². The minimum absolute atomic E-state index is 0.324. The van der Waals surface area contributed by atoms with Crippen molar-refractivity contribution in [1.82, 2.24) is 4.98 Å². The fourth-order valence-electron chi connectivity index (χ4n) is 2.77. The van der Waals surface area contributed by atoms with Crippen LogP contribution in [0.5, 0.6) is 0 Å². The second-order valence-corrected chi connectivity index (χ2v) is 7.65. The van der Waals surface area contributed by atoms with Gasteiger partial charge in [0.05, 0.1) is 0 Å². The zero-order chi connectivity index (χ0) is 15.7. The van der Waals surface area contributed by atoms with E-state index >= 15 is 0 Å². The number of ether oxygens (including phenoxy) is 1. The molecule has 0 aromatic carbocycles. The van der Waals surface area contributed by atoms with E-state index in [1.165, 1.54) is 6.42 Å². The van der Waals surface area contributed by atoms with Gasteiger partial charge in [-0.1, -0.05) is 13.8 Å². The molecule has 1 aliphatic carbocycles. The molecule has 1 aromatic heterocycles. The van der Waals surface area contributed by atoms with Gasteiger partial charge in [0.25, 0.3) is 0 Å². The average molecular weight is 290 g/mol. The van der Waals surface area contributed by atoms with Crippen molar-refractivity contribution in [1.29, 1.82) is 0 Å². The van der Waals surface area contributed by atoms with Crippen LogP contribution >= 0.6 is 0 Å². The number of nitrogens with one attached hydrogen (secondary N) is 1. The number of carbonyl (C=O) groups excluding carboxylic acids is 1. The van der Waals surface area contributed by atoms with Crippen molar-refractivity contribution in [2.24, 2.45) is 5.41 Å². The first-order chi connectivity index (χ1) is 9.66. The molecule has 4 nitrogen and oxygen atoms in total. The molecule has 2 rings (SSSR count). The zero-order valence-corrected chi connectivity index (χ0v) is 13.7. The quantitative estimate of drug-likeness (QED) is 0.854. The first-order valence-corrected chi connectivity index (χ1v) is 7.61. The maximum Gasteiger partial charge on any atom is 0.342 e. The molecule has 1 aromatic rings. The van der Waals surface area contributed by atoms with Crippen molar-refractivity contribution >= 4 is 11.8 Å². The van der Waals surface area contributed by atoms with Crippen molar-refractivity contribution in [2.75, 3.05) is 5.32 Å². The number of anilines is 1. The zero-order valence-electron chi connectivity index (χ0n) is 13.7. The summed E-state index contributed by atoms with van der Waals surface area (Å²) in [4.78, 5) is 16.6. The summed E-state index contributed by atoms with van der Waals surface area (Å²) < 4.78 is 5.45. The topological polar surface area (TPSA) is 51.2 Å². The highest BCUT2D eigenvalue weighted by Gasteiger charge is 2.32. The van der Waals surface area contributed by atoms with Crippen molar-refractivity contribution < 1.29 is 9.53 Å². The molecule has 1 atom stereocenters. The van der Waals surface area contributed by atoms with Gasteiger partial charge in [-0.3, -0.25) is 0 Å². The molecule has 21 heavy (non-hydrogen) atoms. The Morgan fingerprint density at radius 2 is 2.14 bits per heavy atom. The van der Waals surface area contributed by atoms with Gasteiger partial charge >= 0.3 is 5.97 Å². The molecule has 4 heteroatoms. The summed E-state index contributed by atoms with van der Waals surface area (Å²) in [6, 6.07) is 3.91. The molecule has 0 amide bonds. The van der Waals surface area contributed by atoms with Gasteiger partial charge < -0.3 is 10.1 Å². The summed E-state index contributed by atoms with van der Waals surface area (Å²) in [6.07, 6.45) is 5.10. The third kappa shape index (κ3) is 4.45. The van der Waals surface area contributed by atoms with Crippen LogP contribution in [0.4, 0.5) is 5.82 Å². The SMILES string of the molecule is CC1(C)CCC(Nc2ncccc2C(=O)OC(C)(C)C)C1. The smallest absolute Gasteiger partial charge is 0.342 e.